The van der Waals surface area contributed by atoms with E-state index in [1.165, 1.54) is 14.0 Å². The van der Waals surface area contributed by atoms with E-state index >= 15 is 0 Å². The zero-order valence-corrected chi connectivity index (χ0v) is 11.8. The Bertz CT molecular complexity index is 434. The molecule has 1 unspecified atom stereocenters. The first-order valence-corrected chi connectivity index (χ1v) is 6.14. The van der Waals surface area contributed by atoms with Gasteiger partial charge >= 0.3 is 0 Å². The Labute approximate surface area is 114 Å². The molecule has 0 saturated carbocycles. The lowest BCUT2D eigenvalue weighted by molar-refractivity contribution is 0.00318. The maximum Gasteiger partial charge on any atom is 0.255 e. The molecule has 0 aliphatic rings. The first kappa shape index (κ1) is 14.9. The number of amides is 1. The first-order valence-electron chi connectivity index (χ1n) is 5.34. The third-order valence-corrected chi connectivity index (χ3v) is 2.87. The summed E-state index contributed by atoms with van der Waals surface area (Å²) in [4.78, 5) is 11.9. The van der Waals surface area contributed by atoms with Gasteiger partial charge in [0.25, 0.3) is 5.91 Å². The van der Waals surface area contributed by atoms with Crippen LogP contribution in [0.3, 0.4) is 0 Å². The van der Waals surface area contributed by atoms with Crippen LogP contribution < -0.4 is 10.1 Å². The van der Waals surface area contributed by atoms with E-state index in [-0.39, 0.29) is 12.5 Å². The van der Waals surface area contributed by atoms with Gasteiger partial charge in [-0.15, -0.1) is 0 Å². The SMILES string of the molecule is COc1cc(Br)ccc1C(=O)NCC(C)(O)CO. The Morgan fingerprint density at radius 2 is 2.22 bits per heavy atom. The molecule has 0 spiro atoms. The van der Waals surface area contributed by atoms with Gasteiger partial charge in [-0.1, -0.05) is 15.9 Å². The van der Waals surface area contributed by atoms with Gasteiger partial charge in [0, 0.05) is 11.0 Å². The summed E-state index contributed by atoms with van der Waals surface area (Å²) in [6.07, 6.45) is 0. The molecule has 3 N–H and O–H groups in total. The van der Waals surface area contributed by atoms with E-state index < -0.39 is 12.2 Å². The smallest absolute Gasteiger partial charge is 0.255 e. The van der Waals surface area contributed by atoms with E-state index in [1.54, 1.807) is 18.2 Å². The number of carbonyl (C=O) groups is 1. The number of aliphatic hydroxyl groups is 2. The normalized spacial score (nSPS) is 13.8. The topological polar surface area (TPSA) is 78.8 Å². The molecule has 6 heteroatoms. The van der Waals surface area contributed by atoms with Gasteiger partial charge in [0.05, 0.1) is 19.3 Å². The molecular weight excluding hydrogens is 302 g/mol. The molecule has 1 amide bonds. The lowest BCUT2D eigenvalue weighted by Crippen LogP contribution is -2.43. The Balaban J connectivity index is 2.79. The van der Waals surface area contributed by atoms with Gasteiger partial charge in [0.1, 0.15) is 11.4 Å². The highest BCUT2D eigenvalue weighted by Crippen LogP contribution is 2.23. The van der Waals surface area contributed by atoms with Crippen LogP contribution in [0.15, 0.2) is 22.7 Å². The molecule has 0 bridgehead atoms. The van der Waals surface area contributed by atoms with Crippen LogP contribution in [0.1, 0.15) is 17.3 Å². The van der Waals surface area contributed by atoms with Crippen LogP contribution in [0, 0.1) is 0 Å². The van der Waals surface area contributed by atoms with Crippen molar-refractivity contribution in [1.29, 1.82) is 0 Å². The molecule has 1 rings (SSSR count). The van der Waals surface area contributed by atoms with Crippen molar-refractivity contribution < 1.29 is 19.7 Å². The van der Waals surface area contributed by atoms with E-state index in [0.717, 1.165) is 4.47 Å². The second kappa shape index (κ2) is 6.17. The number of hydrogen-bond acceptors (Lipinski definition) is 4. The number of carbonyl (C=O) groups excluding carboxylic acids is 1. The third-order valence-electron chi connectivity index (χ3n) is 2.38. The van der Waals surface area contributed by atoms with Crippen molar-refractivity contribution in [3.8, 4) is 5.75 Å². The van der Waals surface area contributed by atoms with Crippen LogP contribution in [-0.2, 0) is 0 Å². The predicted octanol–water partition coefficient (Wildman–Crippen LogP) is 0.931. The molecule has 0 heterocycles. The van der Waals surface area contributed by atoms with Crippen LogP contribution in [0.5, 0.6) is 5.75 Å². The van der Waals surface area contributed by atoms with E-state index in [9.17, 15) is 9.90 Å². The van der Waals surface area contributed by atoms with Gasteiger partial charge in [-0.3, -0.25) is 4.79 Å². The van der Waals surface area contributed by atoms with Crippen molar-refractivity contribution in [2.45, 2.75) is 12.5 Å². The molecule has 1 atom stereocenters. The second-order valence-corrected chi connectivity index (χ2v) is 5.10. The molecule has 0 saturated heterocycles. The fourth-order valence-corrected chi connectivity index (χ4v) is 1.61. The molecular formula is C12H16BrNO4. The lowest BCUT2D eigenvalue weighted by atomic mass is 10.1. The van der Waals surface area contributed by atoms with Crippen LogP contribution in [0.25, 0.3) is 0 Å². The van der Waals surface area contributed by atoms with Crippen LogP contribution in [-0.4, -0.2) is 42.0 Å². The minimum absolute atomic E-state index is 0.0401. The van der Waals surface area contributed by atoms with E-state index in [2.05, 4.69) is 21.2 Å². The summed E-state index contributed by atoms with van der Waals surface area (Å²) in [5, 5.41) is 21.0. The van der Waals surface area contributed by atoms with Crippen molar-refractivity contribution >= 4 is 21.8 Å². The van der Waals surface area contributed by atoms with Gasteiger partial charge in [-0.25, -0.2) is 0 Å². The second-order valence-electron chi connectivity index (χ2n) is 4.18. The number of nitrogens with one attached hydrogen (secondary N) is 1. The molecule has 0 aliphatic carbocycles. The van der Waals surface area contributed by atoms with Gasteiger partial charge in [0.2, 0.25) is 0 Å². The molecule has 1 aromatic rings. The van der Waals surface area contributed by atoms with Gasteiger partial charge < -0.3 is 20.3 Å². The molecule has 100 valence electrons. The largest absolute Gasteiger partial charge is 0.496 e. The fraction of sp³-hybridized carbons (Fsp3) is 0.417. The maximum atomic E-state index is 11.9. The number of rotatable bonds is 5. The molecule has 1 aromatic carbocycles. The van der Waals surface area contributed by atoms with Crippen molar-refractivity contribution in [2.75, 3.05) is 20.3 Å². The zero-order valence-electron chi connectivity index (χ0n) is 10.2. The van der Waals surface area contributed by atoms with Crippen LogP contribution >= 0.6 is 15.9 Å². The summed E-state index contributed by atoms with van der Waals surface area (Å²) < 4.78 is 5.91. The molecule has 18 heavy (non-hydrogen) atoms. The summed E-state index contributed by atoms with van der Waals surface area (Å²) in [5.74, 6) is 0.0681. The van der Waals surface area contributed by atoms with Gasteiger partial charge in [-0.05, 0) is 25.1 Å². The number of halogens is 1. The minimum atomic E-state index is -1.34. The number of ether oxygens (including phenoxy) is 1. The summed E-state index contributed by atoms with van der Waals surface area (Å²) in [6, 6.07) is 5.02. The number of hydrogen-bond donors (Lipinski definition) is 3. The van der Waals surface area contributed by atoms with Crippen LogP contribution in [0.2, 0.25) is 0 Å². The summed E-state index contributed by atoms with van der Waals surface area (Å²) in [7, 11) is 1.47. The number of benzene rings is 1. The minimum Gasteiger partial charge on any atom is -0.496 e. The average Bonchev–Trinajstić information content (AvgIpc) is 2.36. The van der Waals surface area contributed by atoms with Crippen LogP contribution in [0.4, 0.5) is 0 Å². The van der Waals surface area contributed by atoms with Crippen molar-refractivity contribution in [3.63, 3.8) is 0 Å². The van der Waals surface area contributed by atoms with Crippen molar-refractivity contribution in [1.82, 2.24) is 5.32 Å². The molecule has 0 aromatic heterocycles. The number of aliphatic hydroxyl groups excluding tert-OH is 1. The van der Waals surface area contributed by atoms with Crippen molar-refractivity contribution in [2.24, 2.45) is 0 Å². The predicted molar refractivity (Wildman–Crippen MR) is 70.7 cm³/mol. The monoisotopic (exact) mass is 317 g/mol. The summed E-state index contributed by atoms with van der Waals surface area (Å²) >= 11 is 3.28. The van der Waals surface area contributed by atoms with Gasteiger partial charge in [0.15, 0.2) is 0 Å². The molecule has 0 fully saturated rings. The molecule has 0 radical (unpaired) electrons. The first-order chi connectivity index (χ1) is 8.39. The summed E-state index contributed by atoms with van der Waals surface area (Å²) in [6.45, 7) is 0.971. The Morgan fingerprint density at radius 1 is 1.56 bits per heavy atom. The third kappa shape index (κ3) is 3.97. The quantitative estimate of drug-likeness (QED) is 0.755. The Hall–Kier alpha value is -1.11. The Morgan fingerprint density at radius 3 is 2.78 bits per heavy atom. The zero-order chi connectivity index (χ0) is 13.8. The van der Waals surface area contributed by atoms with E-state index in [4.69, 9.17) is 9.84 Å². The van der Waals surface area contributed by atoms with Gasteiger partial charge in [-0.2, -0.15) is 0 Å². The van der Waals surface area contributed by atoms with Crippen molar-refractivity contribution in [3.05, 3.63) is 28.2 Å². The number of methoxy groups -OCH3 is 1. The van der Waals surface area contributed by atoms with E-state index in [0.29, 0.717) is 11.3 Å². The molecule has 0 aliphatic heterocycles. The standard InChI is InChI=1S/C12H16BrNO4/c1-12(17,7-15)6-14-11(16)9-4-3-8(13)5-10(9)18-2/h3-5,15,17H,6-7H2,1-2H3,(H,14,16). The Kier molecular flexibility index (Phi) is 5.13. The average molecular weight is 318 g/mol. The molecule has 5 nitrogen and oxygen atoms in total. The maximum absolute atomic E-state index is 11.9. The van der Waals surface area contributed by atoms with E-state index in [1.807, 2.05) is 0 Å². The summed E-state index contributed by atoms with van der Waals surface area (Å²) in [5.41, 5.74) is -0.965. The highest BCUT2D eigenvalue weighted by atomic mass is 79.9. The fourth-order valence-electron chi connectivity index (χ4n) is 1.27. The lowest BCUT2D eigenvalue weighted by Gasteiger charge is -2.20. The highest BCUT2D eigenvalue weighted by molar-refractivity contribution is 9.10. The highest BCUT2D eigenvalue weighted by Gasteiger charge is 2.21.